The fourth-order valence-corrected chi connectivity index (χ4v) is 3.28. The zero-order chi connectivity index (χ0) is 17.8. The van der Waals surface area contributed by atoms with Gasteiger partial charge < -0.3 is 5.32 Å². The number of pyridine rings is 1. The molecule has 6 nitrogen and oxygen atoms in total. The first-order valence-corrected chi connectivity index (χ1v) is 8.87. The van der Waals surface area contributed by atoms with E-state index in [-0.39, 0.29) is 5.91 Å². The molecule has 1 aromatic carbocycles. The summed E-state index contributed by atoms with van der Waals surface area (Å²) in [5.41, 5.74) is 2.45. The van der Waals surface area contributed by atoms with Crippen LogP contribution in [0.3, 0.4) is 0 Å². The molecule has 0 saturated carbocycles. The minimum atomic E-state index is -0.144. The molecule has 1 aliphatic heterocycles. The molecule has 3 heterocycles. The zero-order valence-corrected chi connectivity index (χ0v) is 14.5. The lowest BCUT2D eigenvalue weighted by Crippen LogP contribution is -2.19. The Kier molecular flexibility index (Phi) is 4.75. The Morgan fingerprint density at radius 3 is 2.77 bits per heavy atom. The van der Waals surface area contributed by atoms with Crippen molar-refractivity contribution in [3.05, 3.63) is 72.2 Å². The highest BCUT2D eigenvalue weighted by atomic mass is 16.1. The molecule has 26 heavy (non-hydrogen) atoms. The van der Waals surface area contributed by atoms with E-state index in [9.17, 15) is 4.79 Å². The Morgan fingerprint density at radius 2 is 1.96 bits per heavy atom. The van der Waals surface area contributed by atoms with E-state index >= 15 is 0 Å². The Bertz CT molecular complexity index is 885. The van der Waals surface area contributed by atoms with Crippen LogP contribution < -0.4 is 5.32 Å². The number of nitrogens with one attached hydrogen (secondary N) is 1. The van der Waals surface area contributed by atoms with Crippen LogP contribution in [0.25, 0.3) is 5.82 Å². The second-order valence-electron chi connectivity index (χ2n) is 6.46. The lowest BCUT2D eigenvalue weighted by Gasteiger charge is -2.15. The lowest BCUT2D eigenvalue weighted by molar-refractivity contribution is 0.102. The second kappa shape index (κ2) is 7.49. The third kappa shape index (κ3) is 3.65. The number of carbonyl (C=O) groups excluding carboxylic acids is 1. The van der Waals surface area contributed by atoms with Crippen LogP contribution >= 0.6 is 0 Å². The number of nitrogens with zero attached hydrogens (tertiary/aromatic N) is 4. The molecule has 1 fully saturated rings. The average Bonchev–Trinajstić information content (AvgIpc) is 3.36. The summed E-state index contributed by atoms with van der Waals surface area (Å²) in [6, 6.07) is 13.3. The maximum atomic E-state index is 12.7. The summed E-state index contributed by atoms with van der Waals surface area (Å²) in [7, 11) is 0. The Hall–Kier alpha value is -2.99. The van der Waals surface area contributed by atoms with E-state index in [0.717, 1.165) is 25.2 Å². The standard InChI is InChI=1S/C20H21N5O/c26-20(17-7-3-6-16(14-17)15-24-11-1-2-12-24)23-18-8-4-9-21-19(18)25-13-5-10-22-25/h3-10,13-14H,1-2,11-12,15H2,(H,23,26). The van der Waals surface area contributed by atoms with E-state index < -0.39 is 0 Å². The maximum Gasteiger partial charge on any atom is 0.255 e. The van der Waals surface area contributed by atoms with E-state index in [1.807, 2.05) is 30.3 Å². The van der Waals surface area contributed by atoms with Crippen molar-refractivity contribution >= 4 is 11.6 Å². The first kappa shape index (κ1) is 16.5. The highest BCUT2D eigenvalue weighted by molar-refractivity contribution is 6.05. The maximum absolute atomic E-state index is 12.7. The summed E-state index contributed by atoms with van der Waals surface area (Å²) < 4.78 is 1.64. The van der Waals surface area contributed by atoms with Crippen LogP contribution in [0.5, 0.6) is 0 Å². The van der Waals surface area contributed by atoms with Crippen LogP contribution in [0.1, 0.15) is 28.8 Å². The lowest BCUT2D eigenvalue weighted by atomic mass is 10.1. The summed E-state index contributed by atoms with van der Waals surface area (Å²) in [4.78, 5) is 19.5. The van der Waals surface area contributed by atoms with Gasteiger partial charge in [0, 0.05) is 30.7 Å². The molecule has 0 radical (unpaired) electrons. The van der Waals surface area contributed by atoms with Crippen molar-refractivity contribution in [2.45, 2.75) is 19.4 Å². The molecule has 0 bridgehead atoms. The van der Waals surface area contributed by atoms with E-state index in [2.05, 4.69) is 26.4 Å². The SMILES string of the molecule is O=C(Nc1cccnc1-n1cccn1)c1cccc(CN2CCCC2)c1. The molecule has 3 aromatic rings. The van der Waals surface area contributed by atoms with Gasteiger partial charge in [-0.1, -0.05) is 12.1 Å². The van der Waals surface area contributed by atoms with Crippen molar-refractivity contribution in [1.29, 1.82) is 0 Å². The van der Waals surface area contributed by atoms with Gasteiger partial charge in [0.2, 0.25) is 0 Å². The number of benzene rings is 1. The fourth-order valence-electron chi connectivity index (χ4n) is 3.28. The molecule has 6 heteroatoms. The van der Waals surface area contributed by atoms with Crippen LogP contribution in [0.15, 0.2) is 61.1 Å². The average molecular weight is 347 g/mol. The fraction of sp³-hybridized carbons (Fsp3) is 0.250. The molecule has 0 spiro atoms. The monoisotopic (exact) mass is 347 g/mol. The molecular formula is C20H21N5O. The Morgan fingerprint density at radius 1 is 1.08 bits per heavy atom. The van der Waals surface area contributed by atoms with Crippen LogP contribution in [-0.2, 0) is 6.54 Å². The molecule has 0 atom stereocenters. The number of hydrogen-bond donors (Lipinski definition) is 1. The van der Waals surface area contributed by atoms with Crippen LogP contribution in [0, 0.1) is 0 Å². The normalized spacial score (nSPS) is 14.5. The molecule has 1 amide bonds. The molecular weight excluding hydrogens is 326 g/mol. The predicted octanol–water partition coefficient (Wildman–Crippen LogP) is 3.12. The third-order valence-electron chi connectivity index (χ3n) is 4.55. The number of rotatable bonds is 5. The van der Waals surface area contributed by atoms with Gasteiger partial charge in [-0.05, 0) is 61.8 Å². The van der Waals surface area contributed by atoms with Crippen molar-refractivity contribution in [1.82, 2.24) is 19.7 Å². The van der Waals surface area contributed by atoms with E-state index in [1.54, 1.807) is 29.3 Å². The topological polar surface area (TPSA) is 63.1 Å². The van der Waals surface area contributed by atoms with Crippen LogP contribution in [0.2, 0.25) is 0 Å². The number of hydrogen-bond acceptors (Lipinski definition) is 4. The minimum absolute atomic E-state index is 0.144. The van der Waals surface area contributed by atoms with Crippen molar-refractivity contribution in [3.8, 4) is 5.82 Å². The molecule has 1 saturated heterocycles. The van der Waals surface area contributed by atoms with E-state index in [1.165, 1.54) is 12.8 Å². The quantitative estimate of drug-likeness (QED) is 0.770. The van der Waals surface area contributed by atoms with Crippen molar-refractivity contribution in [2.75, 3.05) is 18.4 Å². The van der Waals surface area contributed by atoms with Crippen molar-refractivity contribution in [3.63, 3.8) is 0 Å². The highest BCUT2D eigenvalue weighted by Gasteiger charge is 2.14. The first-order chi connectivity index (χ1) is 12.8. The van der Waals surface area contributed by atoms with E-state index in [4.69, 9.17) is 0 Å². The number of likely N-dealkylation sites (tertiary alicyclic amines) is 1. The largest absolute Gasteiger partial charge is 0.319 e. The minimum Gasteiger partial charge on any atom is -0.319 e. The van der Waals surface area contributed by atoms with Gasteiger partial charge in [-0.15, -0.1) is 0 Å². The van der Waals surface area contributed by atoms with Gasteiger partial charge in [0.1, 0.15) is 0 Å². The Balaban J connectivity index is 1.52. The number of carbonyl (C=O) groups is 1. The van der Waals surface area contributed by atoms with Gasteiger partial charge >= 0.3 is 0 Å². The molecule has 4 rings (SSSR count). The number of amides is 1. The van der Waals surface area contributed by atoms with Gasteiger partial charge in [-0.2, -0.15) is 5.10 Å². The molecule has 0 aliphatic carbocycles. The number of anilines is 1. The highest BCUT2D eigenvalue weighted by Crippen LogP contribution is 2.18. The second-order valence-corrected chi connectivity index (χ2v) is 6.46. The van der Waals surface area contributed by atoms with Gasteiger partial charge in [-0.3, -0.25) is 9.69 Å². The summed E-state index contributed by atoms with van der Waals surface area (Å²) in [6.45, 7) is 3.17. The van der Waals surface area contributed by atoms with Crippen LogP contribution in [-0.4, -0.2) is 38.7 Å². The zero-order valence-electron chi connectivity index (χ0n) is 14.5. The molecule has 132 valence electrons. The molecule has 1 aliphatic rings. The van der Waals surface area contributed by atoms with Crippen LogP contribution in [0.4, 0.5) is 5.69 Å². The molecule has 0 unspecified atom stereocenters. The smallest absolute Gasteiger partial charge is 0.255 e. The summed E-state index contributed by atoms with van der Waals surface area (Å²) in [5.74, 6) is 0.453. The molecule has 1 N–H and O–H groups in total. The van der Waals surface area contributed by atoms with Crippen molar-refractivity contribution < 1.29 is 4.79 Å². The molecule has 2 aromatic heterocycles. The van der Waals surface area contributed by atoms with Gasteiger partial charge in [-0.25, -0.2) is 9.67 Å². The van der Waals surface area contributed by atoms with Crippen molar-refractivity contribution in [2.24, 2.45) is 0 Å². The number of aromatic nitrogens is 3. The third-order valence-corrected chi connectivity index (χ3v) is 4.55. The summed E-state index contributed by atoms with van der Waals surface area (Å²) in [5, 5.41) is 7.16. The van der Waals surface area contributed by atoms with Gasteiger partial charge in [0.15, 0.2) is 5.82 Å². The Labute approximate surface area is 152 Å². The van der Waals surface area contributed by atoms with Gasteiger partial charge in [0.25, 0.3) is 5.91 Å². The summed E-state index contributed by atoms with van der Waals surface area (Å²) >= 11 is 0. The predicted molar refractivity (Wildman–Crippen MR) is 100 cm³/mol. The summed E-state index contributed by atoms with van der Waals surface area (Å²) in [6.07, 6.45) is 7.69. The van der Waals surface area contributed by atoms with E-state index in [0.29, 0.717) is 17.1 Å². The van der Waals surface area contributed by atoms with Gasteiger partial charge in [0.05, 0.1) is 5.69 Å². The first-order valence-electron chi connectivity index (χ1n) is 8.87.